The summed E-state index contributed by atoms with van der Waals surface area (Å²) in [6, 6.07) is 15.1. The molecule has 3 atom stereocenters. The van der Waals surface area contributed by atoms with Crippen LogP contribution in [0.4, 0.5) is 5.69 Å². The molecule has 2 bridgehead atoms. The molecule has 2 fully saturated rings. The van der Waals surface area contributed by atoms with Crippen LogP contribution in [0, 0.1) is 11.3 Å². The first-order chi connectivity index (χ1) is 11.1. The number of benzene rings is 2. The standard InChI is InChI=1S/C20H20N2O/c1-2-20(23)11-15-8-9-16(12-20)22(15)19-10-7-14(13-21)17-5-3-4-6-18(17)19/h2-7,10,15-16,23H,1,8-9,11-12H2/t15-,16+,20?. The van der Waals surface area contributed by atoms with Gasteiger partial charge in [-0.15, -0.1) is 6.58 Å². The molecular weight excluding hydrogens is 284 g/mol. The van der Waals surface area contributed by atoms with E-state index in [1.165, 1.54) is 5.69 Å². The van der Waals surface area contributed by atoms with Gasteiger partial charge in [0.25, 0.3) is 0 Å². The Balaban J connectivity index is 1.83. The monoisotopic (exact) mass is 304 g/mol. The number of hydrogen-bond donors (Lipinski definition) is 1. The fourth-order valence-corrected chi connectivity index (χ4v) is 4.43. The molecule has 4 rings (SSSR count). The Morgan fingerprint density at radius 1 is 1.13 bits per heavy atom. The molecule has 2 aromatic carbocycles. The summed E-state index contributed by atoms with van der Waals surface area (Å²) in [5.74, 6) is 0. The number of anilines is 1. The summed E-state index contributed by atoms with van der Waals surface area (Å²) in [5.41, 5.74) is 1.18. The molecule has 0 aliphatic carbocycles. The van der Waals surface area contributed by atoms with Crippen molar-refractivity contribution in [2.45, 2.75) is 43.4 Å². The number of nitrogens with zero attached hydrogens (tertiary/aromatic N) is 2. The van der Waals surface area contributed by atoms with Gasteiger partial charge >= 0.3 is 0 Å². The van der Waals surface area contributed by atoms with E-state index in [0.29, 0.717) is 12.1 Å². The molecule has 0 aromatic heterocycles. The predicted octanol–water partition coefficient (Wildman–Crippen LogP) is 3.76. The Hall–Kier alpha value is -2.31. The highest BCUT2D eigenvalue weighted by Gasteiger charge is 2.46. The van der Waals surface area contributed by atoms with Crippen LogP contribution in [-0.2, 0) is 0 Å². The lowest BCUT2D eigenvalue weighted by Crippen LogP contribution is -2.50. The number of rotatable bonds is 2. The van der Waals surface area contributed by atoms with Crippen molar-refractivity contribution in [2.24, 2.45) is 0 Å². The molecule has 3 nitrogen and oxygen atoms in total. The van der Waals surface area contributed by atoms with Gasteiger partial charge in [-0.2, -0.15) is 5.26 Å². The van der Waals surface area contributed by atoms with E-state index in [2.05, 4.69) is 29.7 Å². The van der Waals surface area contributed by atoms with Crippen LogP contribution in [0.15, 0.2) is 49.1 Å². The topological polar surface area (TPSA) is 47.3 Å². The van der Waals surface area contributed by atoms with Crippen molar-refractivity contribution in [3.05, 3.63) is 54.6 Å². The Morgan fingerprint density at radius 3 is 2.39 bits per heavy atom. The minimum atomic E-state index is -0.731. The number of hydrogen-bond acceptors (Lipinski definition) is 3. The molecule has 1 N–H and O–H groups in total. The molecule has 116 valence electrons. The van der Waals surface area contributed by atoms with Crippen LogP contribution in [0.5, 0.6) is 0 Å². The SMILES string of the molecule is C=CC1(O)C[C@H]2CC[C@@H](C1)N2c1ccc(C#N)c2ccccc12. The van der Waals surface area contributed by atoms with Gasteiger partial charge in [0.1, 0.15) is 0 Å². The van der Waals surface area contributed by atoms with Crippen molar-refractivity contribution in [3.63, 3.8) is 0 Å². The summed E-state index contributed by atoms with van der Waals surface area (Å²) in [6.07, 6.45) is 5.40. The molecule has 2 aromatic rings. The fraction of sp³-hybridized carbons (Fsp3) is 0.350. The third-order valence-electron chi connectivity index (χ3n) is 5.48. The second kappa shape index (κ2) is 5.11. The highest BCUT2D eigenvalue weighted by molar-refractivity contribution is 5.98. The second-order valence-electron chi connectivity index (χ2n) is 6.80. The third kappa shape index (κ3) is 2.14. The maximum absolute atomic E-state index is 10.6. The molecule has 2 saturated heterocycles. The van der Waals surface area contributed by atoms with Crippen molar-refractivity contribution in [3.8, 4) is 6.07 Å². The normalized spacial score (nSPS) is 29.5. The first kappa shape index (κ1) is 14.3. The summed E-state index contributed by atoms with van der Waals surface area (Å²) < 4.78 is 0. The third-order valence-corrected chi connectivity index (χ3v) is 5.48. The molecular formula is C20H20N2O. The molecule has 0 radical (unpaired) electrons. The average molecular weight is 304 g/mol. The van der Waals surface area contributed by atoms with Crippen LogP contribution in [0.2, 0.25) is 0 Å². The van der Waals surface area contributed by atoms with E-state index in [1.807, 2.05) is 24.3 Å². The van der Waals surface area contributed by atoms with Gasteiger partial charge in [0.05, 0.1) is 17.2 Å². The second-order valence-corrected chi connectivity index (χ2v) is 6.80. The van der Waals surface area contributed by atoms with Crippen molar-refractivity contribution >= 4 is 16.5 Å². The summed E-state index contributed by atoms with van der Waals surface area (Å²) in [4.78, 5) is 2.47. The minimum Gasteiger partial charge on any atom is -0.386 e. The van der Waals surface area contributed by atoms with Gasteiger partial charge in [-0.05, 0) is 25.0 Å². The predicted molar refractivity (Wildman–Crippen MR) is 92.3 cm³/mol. The Morgan fingerprint density at radius 2 is 1.78 bits per heavy atom. The lowest BCUT2D eigenvalue weighted by Gasteiger charge is -2.44. The lowest BCUT2D eigenvalue weighted by atomic mass is 9.85. The van der Waals surface area contributed by atoms with Crippen LogP contribution in [0.3, 0.4) is 0 Å². The van der Waals surface area contributed by atoms with Gasteiger partial charge in [-0.1, -0.05) is 30.3 Å². The van der Waals surface area contributed by atoms with Gasteiger partial charge in [0, 0.05) is 41.4 Å². The van der Waals surface area contributed by atoms with E-state index in [0.717, 1.165) is 42.0 Å². The average Bonchev–Trinajstić information content (AvgIpc) is 2.86. The van der Waals surface area contributed by atoms with Gasteiger partial charge in [0.15, 0.2) is 0 Å². The Bertz CT molecular complexity index is 806. The summed E-state index contributed by atoms with van der Waals surface area (Å²) >= 11 is 0. The van der Waals surface area contributed by atoms with E-state index in [1.54, 1.807) is 6.08 Å². The maximum atomic E-state index is 10.6. The zero-order valence-electron chi connectivity index (χ0n) is 13.1. The number of piperidine rings is 1. The highest BCUT2D eigenvalue weighted by Crippen LogP contribution is 2.45. The van der Waals surface area contributed by atoms with Crippen LogP contribution in [0.25, 0.3) is 10.8 Å². The highest BCUT2D eigenvalue weighted by atomic mass is 16.3. The van der Waals surface area contributed by atoms with Gasteiger partial charge < -0.3 is 10.0 Å². The number of nitriles is 1. The maximum Gasteiger partial charge on any atom is 0.0998 e. The van der Waals surface area contributed by atoms with Crippen LogP contribution in [-0.4, -0.2) is 22.8 Å². The largest absolute Gasteiger partial charge is 0.386 e. The number of fused-ring (bicyclic) bond motifs is 3. The van der Waals surface area contributed by atoms with Gasteiger partial charge in [-0.3, -0.25) is 0 Å². The van der Waals surface area contributed by atoms with Crippen LogP contribution < -0.4 is 4.90 Å². The molecule has 0 saturated carbocycles. The zero-order chi connectivity index (χ0) is 16.0. The van der Waals surface area contributed by atoms with E-state index in [-0.39, 0.29) is 0 Å². The van der Waals surface area contributed by atoms with Gasteiger partial charge in [0.2, 0.25) is 0 Å². The fourth-order valence-electron chi connectivity index (χ4n) is 4.43. The minimum absolute atomic E-state index is 0.341. The molecule has 3 heteroatoms. The van der Waals surface area contributed by atoms with Crippen LogP contribution >= 0.6 is 0 Å². The summed E-state index contributed by atoms with van der Waals surface area (Å²) in [6.45, 7) is 3.82. The van der Waals surface area contributed by atoms with E-state index in [9.17, 15) is 10.4 Å². The molecule has 23 heavy (non-hydrogen) atoms. The van der Waals surface area contributed by atoms with E-state index >= 15 is 0 Å². The van der Waals surface area contributed by atoms with Crippen molar-refractivity contribution in [1.82, 2.24) is 0 Å². The van der Waals surface area contributed by atoms with E-state index < -0.39 is 5.60 Å². The quantitative estimate of drug-likeness (QED) is 0.859. The Labute approximate surface area is 136 Å². The van der Waals surface area contributed by atoms with E-state index in [4.69, 9.17) is 0 Å². The lowest BCUT2D eigenvalue weighted by molar-refractivity contribution is 0.0488. The first-order valence-corrected chi connectivity index (χ1v) is 8.21. The van der Waals surface area contributed by atoms with Crippen molar-refractivity contribution < 1.29 is 5.11 Å². The number of aliphatic hydroxyl groups is 1. The molecule has 2 aliphatic heterocycles. The molecule has 2 aliphatic rings. The smallest absolute Gasteiger partial charge is 0.0998 e. The van der Waals surface area contributed by atoms with Crippen molar-refractivity contribution in [1.29, 1.82) is 5.26 Å². The summed E-state index contributed by atoms with van der Waals surface area (Å²) in [5, 5.41) is 22.1. The molecule has 1 unspecified atom stereocenters. The summed E-state index contributed by atoms with van der Waals surface area (Å²) in [7, 11) is 0. The van der Waals surface area contributed by atoms with Gasteiger partial charge in [-0.25, -0.2) is 0 Å². The molecule has 0 amide bonds. The molecule has 0 spiro atoms. The van der Waals surface area contributed by atoms with Crippen molar-refractivity contribution in [2.75, 3.05) is 4.90 Å². The molecule has 2 heterocycles. The zero-order valence-corrected chi connectivity index (χ0v) is 13.1. The van der Waals surface area contributed by atoms with Crippen LogP contribution in [0.1, 0.15) is 31.2 Å². The first-order valence-electron chi connectivity index (χ1n) is 8.21. The Kier molecular flexibility index (Phi) is 3.18.